The van der Waals surface area contributed by atoms with Crippen molar-refractivity contribution < 1.29 is 16.9 Å². The summed E-state index contributed by atoms with van der Waals surface area (Å²) < 4.78 is 1.10. The van der Waals surface area contributed by atoms with E-state index in [9.17, 15) is 0 Å². The Morgan fingerprint density at radius 1 is 0.947 bits per heavy atom. The second-order valence-electron chi connectivity index (χ2n) is 6.55. The van der Waals surface area contributed by atoms with Crippen LogP contribution in [0.15, 0.2) is 30.3 Å². The van der Waals surface area contributed by atoms with Gasteiger partial charge in [-0.1, -0.05) is 57.0 Å². The molecule has 19 heavy (non-hydrogen) atoms. The summed E-state index contributed by atoms with van der Waals surface area (Å²) >= 11 is 0. The van der Waals surface area contributed by atoms with E-state index in [1.54, 1.807) is 0 Å². The number of hydrogen-bond donors (Lipinski definition) is 0. The van der Waals surface area contributed by atoms with E-state index >= 15 is 0 Å². The maximum Gasteiger partial charge on any atom is 0.104 e. The summed E-state index contributed by atoms with van der Waals surface area (Å²) in [5.41, 5.74) is 1.45. The molecule has 0 aliphatic heterocycles. The van der Waals surface area contributed by atoms with Gasteiger partial charge < -0.3 is 16.9 Å². The van der Waals surface area contributed by atoms with Crippen molar-refractivity contribution in [2.45, 2.75) is 46.1 Å². The van der Waals surface area contributed by atoms with Crippen molar-refractivity contribution in [1.29, 1.82) is 0 Å². The fraction of sp³-hybridized carbons (Fsp3) is 0.647. The summed E-state index contributed by atoms with van der Waals surface area (Å²) in [5.74, 6) is 0.858. The summed E-state index contributed by atoms with van der Waals surface area (Å²) in [6, 6.07) is 10.8. The second-order valence-corrected chi connectivity index (χ2v) is 6.55. The van der Waals surface area contributed by atoms with Crippen LogP contribution >= 0.6 is 0 Å². The van der Waals surface area contributed by atoms with Crippen molar-refractivity contribution in [3.63, 3.8) is 0 Å². The Hall–Kier alpha value is -0.530. The molecule has 0 aromatic heterocycles. The van der Waals surface area contributed by atoms with E-state index in [1.807, 2.05) is 0 Å². The van der Waals surface area contributed by atoms with Gasteiger partial charge >= 0.3 is 0 Å². The van der Waals surface area contributed by atoms with Crippen LogP contribution in [0.1, 0.15) is 45.1 Å². The fourth-order valence-electron chi connectivity index (χ4n) is 2.43. The molecule has 0 bridgehead atoms. The summed E-state index contributed by atoms with van der Waals surface area (Å²) in [6.45, 7) is 7.06. The third-order valence-corrected chi connectivity index (χ3v) is 3.50. The lowest BCUT2D eigenvalue weighted by molar-refractivity contribution is -0.903. The lowest BCUT2D eigenvalue weighted by Crippen LogP contribution is -3.00. The maximum atomic E-state index is 2.34. The monoisotopic (exact) mass is 283 g/mol. The molecule has 0 spiro atoms. The highest BCUT2D eigenvalue weighted by Gasteiger charge is 2.14. The van der Waals surface area contributed by atoms with E-state index in [1.165, 1.54) is 37.8 Å². The van der Waals surface area contributed by atoms with Gasteiger partial charge in [0.05, 0.1) is 20.6 Å². The molecular weight excluding hydrogens is 254 g/mol. The quantitative estimate of drug-likeness (QED) is 0.501. The van der Waals surface area contributed by atoms with Gasteiger partial charge in [-0.15, -0.1) is 0 Å². The molecule has 1 aromatic rings. The zero-order valence-corrected chi connectivity index (χ0v) is 13.8. The topological polar surface area (TPSA) is 0 Å². The third kappa shape index (κ3) is 9.07. The number of rotatable bonds is 8. The molecular formula is C17H30ClN. The minimum atomic E-state index is 0. The van der Waals surface area contributed by atoms with Gasteiger partial charge in [0.2, 0.25) is 0 Å². The van der Waals surface area contributed by atoms with Crippen molar-refractivity contribution >= 4 is 0 Å². The Bertz CT molecular complexity index is 319. The van der Waals surface area contributed by atoms with Crippen LogP contribution in [0, 0.1) is 5.92 Å². The largest absolute Gasteiger partial charge is 1.00 e. The van der Waals surface area contributed by atoms with Crippen molar-refractivity contribution in [3.8, 4) is 0 Å². The highest BCUT2D eigenvalue weighted by Crippen LogP contribution is 2.13. The highest BCUT2D eigenvalue weighted by atomic mass is 35.5. The predicted molar refractivity (Wildman–Crippen MR) is 80.4 cm³/mol. The first-order chi connectivity index (χ1) is 8.49. The summed E-state index contributed by atoms with van der Waals surface area (Å²) in [7, 11) is 4.69. The van der Waals surface area contributed by atoms with Gasteiger partial charge in [-0.25, -0.2) is 0 Å². The standard InChI is InChI=1S/C17H30N.ClH/c1-16(2)11-7-6-10-14-18(3,4)15-17-12-8-5-9-13-17;/h5,8-9,12-13,16H,6-7,10-11,14-15H2,1-4H3;1H/q+1;/p-1. The minimum Gasteiger partial charge on any atom is -1.00 e. The van der Waals surface area contributed by atoms with Crippen LogP contribution in [0.3, 0.4) is 0 Å². The molecule has 0 heterocycles. The van der Waals surface area contributed by atoms with Gasteiger partial charge in [0, 0.05) is 5.56 Å². The molecule has 0 amide bonds. The SMILES string of the molecule is CC(C)CCCCC[N+](C)(C)Cc1ccccc1.[Cl-]. The Morgan fingerprint density at radius 2 is 1.58 bits per heavy atom. The van der Waals surface area contributed by atoms with Crippen LogP contribution in [0.4, 0.5) is 0 Å². The van der Waals surface area contributed by atoms with E-state index in [-0.39, 0.29) is 12.4 Å². The van der Waals surface area contributed by atoms with Gasteiger partial charge in [-0.3, -0.25) is 0 Å². The lowest BCUT2D eigenvalue weighted by atomic mass is 10.1. The van der Waals surface area contributed by atoms with Crippen molar-refractivity contribution in [1.82, 2.24) is 0 Å². The molecule has 0 N–H and O–H groups in total. The highest BCUT2D eigenvalue weighted by molar-refractivity contribution is 5.13. The average molecular weight is 284 g/mol. The summed E-state index contributed by atoms with van der Waals surface area (Å²) in [4.78, 5) is 0. The molecule has 1 rings (SSSR count). The average Bonchev–Trinajstić information content (AvgIpc) is 2.28. The minimum absolute atomic E-state index is 0. The number of halogens is 1. The molecule has 0 unspecified atom stereocenters. The zero-order valence-electron chi connectivity index (χ0n) is 13.0. The van der Waals surface area contributed by atoms with E-state index < -0.39 is 0 Å². The van der Waals surface area contributed by atoms with Crippen LogP contribution < -0.4 is 12.4 Å². The first-order valence-corrected chi connectivity index (χ1v) is 7.35. The summed E-state index contributed by atoms with van der Waals surface area (Å²) in [6.07, 6.45) is 5.51. The summed E-state index contributed by atoms with van der Waals surface area (Å²) in [5, 5.41) is 0. The van der Waals surface area contributed by atoms with Gasteiger partial charge in [-0.05, 0) is 18.8 Å². The van der Waals surface area contributed by atoms with Crippen molar-refractivity contribution in [2.24, 2.45) is 5.92 Å². The van der Waals surface area contributed by atoms with E-state index in [0.717, 1.165) is 16.9 Å². The molecule has 1 nitrogen and oxygen atoms in total. The number of quaternary nitrogens is 1. The van der Waals surface area contributed by atoms with Crippen molar-refractivity contribution in [3.05, 3.63) is 35.9 Å². The lowest BCUT2D eigenvalue weighted by Gasteiger charge is -2.30. The van der Waals surface area contributed by atoms with Crippen LogP contribution in [-0.2, 0) is 6.54 Å². The number of unbranched alkanes of at least 4 members (excludes halogenated alkanes) is 2. The van der Waals surface area contributed by atoms with Gasteiger partial charge in [0.1, 0.15) is 6.54 Å². The Morgan fingerprint density at radius 3 is 2.16 bits per heavy atom. The molecule has 0 saturated carbocycles. The van der Waals surface area contributed by atoms with E-state index in [2.05, 4.69) is 58.3 Å². The van der Waals surface area contributed by atoms with E-state index in [4.69, 9.17) is 0 Å². The molecule has 1 aromatic carbocycles. The van der Waals surface area contributed by atoms with Gasteiger partial charge in [0.25, 0.3) is 0 Å². The Kier molecular flexibility index (Phi) is 9.12. The van der Waals surface area contributed by atoms with Crippen LogP contribution in [0.25, 0.3) is 0 Å². The van der Waals surface area contributed by atoms with Crippen LogP contribution in [0.2, 0.25) is 0 Å². The fourth-order valence-corrected chi connectivity index (χ4v) is 2.43. The van der Waals surface area contributed by atoms with E-state index in [0.29, 0.717) is 0 Å². The second kappa shape index (κ2) is 9.39. The number of hydrogen-bond acceptors (Lipinski definition) is 0. The first-order valence-electron chi connectivity index (χ1n) is 7.35. The van der Waals surface area contributed by atoms with Gasteiger partial charge in [0.15, 0.2) is 0 Å². The normalized spacial score (nSPS) is 11.4. The van der Waals surface area contributed by atoms with Crippen LogP contribution in [0.5, 0.6) is 0 Å². The smallest absolute Gasteiger partial charge is 0.104 e. The van der Waals surface area contributed by atoms with Crippen molar-refractivity contribution in [2.75, 3.05) is 20.6 Å². The van der Waals surface area contributed by atoms with Crippen LogP contribution in [-0.4, -0.2) is 25.1 Å². The number of nitrogens with zero attached hydrogens (tertiary/aromatic N) is 1. The Labute approximate surface area is 126 Å². The predicted octanol–water partition coefficient (Wildman–Crippen LogP) is 1.48. The first kappa shape index (κ1) is 18.5. The number of benzene rings is 1. The molecule has 0 fully saturated rings. The maximum absolute atomic E-state index is 2.34. The Balaban J connectivity index is 0.00000324. The molecule has 2 heteroatoms. The zero-order chi connectivity index (χ0) is 13.4. The molecule has 110 valence electrons. The molecule has 0 radical (unpaired) electrons. The molecule has 0 atom stereocenters. The third-order valence-electron chi connectivity index (χ3n) is 3.50. The molecule has 0 saturated heterocycles. The molecule has 0 aliphatic rings. The van der Waals surface area contributed by atoms with Gasteiger partial charge in [-0.2, -0.15) is 0 Å². The molecule has 0 aliphatic carbocycles.